The minimum Gasteiger partial charge on any atom is -0.379 e. The fourth-order valence-electron chi connectivity index (χ4n) is 2.12. The molecule has 2 fully saturated rings. The summed E-state index contributed by atoms with van der Waals surface area (Å²) < 4.78 is 32.3. The van der Waals surface area contributed by atoms with Gasteiger partial charge in [0.2, 0.25) is 0 Å². The number of rotatable bonds is 3. The van der Waals surface area contributed by atoms with Gasteiger partial charge in [0.15, 0.2) is 0 Å². The molecule has 0 bridgehead atoms. The van der Waals surface area contributed by atoms with E-state index in [4.69, 9.17) is 9.57 Å². The van der Waals surface area contributed by atoms with Crippen molar-refractivity contribution in [2.45, 2.75) is 23.8 Å². The molecule has 2 saturated heterocycles. The van der Waals surface area contributed by atoms with E-state index in [0.29, 0.717) is 26.4 Å². The molecule has 18 heavy (non-hydrogen) atoms. The lowest BCUT2D eigenvalue weighted by Gasteiger charge is -2.12. The Balaban J connectivity index is 1.83. The van der Waals surface area contributed by atoms with E-state index < -0.39 is 10.0 Å². The first-order chi connectivity index (χ1) is 8.68. The Hall–Kier alpha value is -0.960. The highest BCUT2D eigenvalue weighted by Gasteiger charge is 2.30. The van der Waals surface area contributed by atoms with Crippen molar-refractivity contribution in [3.05, 3.63) is 12.4 Å². The van der Waals surface area contributed by atoms with Gasteiger partial charge in [-0.1, -0.05) is 4.47 Å². The van der Waals surface area contributed by atoms with Crippen LogP contribution in [0, 0.1) is 0 Å². The molecule has 0 aromatic carbocycles. The summed E-state index contributed by atoms with van der Waals surface area (Å²) in [6, 6.07) is 0.133. The van der Waals surface area contributed by atoms with E-state index in [0.717, 1.165) is 17.3 Å². The third kappa shape index (κ3) is 2.05. The van der Waals surface area contributed by atoms with Crippen LogP contribution < -0.4 is 0 Å². The molecule has 7 nitrogen and oxygen atoms in total. The lowest BCUT2D eigenvalue weighted by atomic mass is 10.3. The lowest BCUT2D eigenvalue weighted by molar-refractivity contribution is -0.0284. The van der Waals surface area contributed by atoms with Gasteiger partial charge in [-0.15, -0.1) is 0 Å². The highest BCUT2D eigenvalue weighted by molar-refractivity contribution is 7.89. The van der Waals surface area contributed by atoms with Crippen molar-refractivity contribution in [3.8, 4) is 0 Å². The molecular formula is C10H15N3O4S. The summed E-state index contributed by atoms with van der Waals surface area (Å²) in [6.45, 7) is 2.13. The van der Waals surface area contributed by atoms with Crippen LogP contribution in [0.15, 0.2) is 17.3 Å². The molecule has 0 N–H and O–H groups in total. The van der Waals surface area contributed by atoms with Gasteiger partial charge in [-0.05, 0) is 12.8 Å². The molecule has 0 amide bonds. The number of hydrogen-bond donors (Lipinski definition) is 0. The van der Waals surface area contributed by atoms with Gasteiger partial charge in [0.05, 0.1) is 25.5 Å². The molecule has 0 saturated carbocycles. The third-order valence-corrected chi connectivity index (χ3v) is 4.77. The number of aromatic nitrogens is 2. The van der Waals surface area contributed by atoms with Gasteiger partial charge in [-0.2, -0.15) is 5.10 Å². The van der Waals surface area contributed by atoms with Crippen molar-refractivity contribution < 1.29 is 18.0 Å². The highest BCUT2D eigenvalue weighted by atomic mass is 32.2. The first-order valence-electron chi connectivity index (χ1n) is 5.95. The van der Waals surface area contributed by atoms with E-state index in [1.165, 1.54) is 6.20 Å². The van der Waals surface area contributed by atoms with Gasteiger partial charge in [-0.3, -0.25) is 9.52 Å². The molecule has 1 aromatic heterocycles. The molecule has 0 radical (unpaired) electrons. The van der Waals surface area contributed by atoms with Crippen molar-refractivity contribution in [2.75, 3.05) is 26.4 Å². The van der Waals surface area contributed by atoms with Crippen LogP contribution in [0.3, 0.4) is 0 Å². The number of hydroxylamine groups is 1. The van der Waals surface area contributed by atoms with Crippen LogP contribution in [0.2, 0.25) is 0 Å². The van der Waals surface area contributed by atoms with Gasteiger partial charge >= 0.3 is 0 Å². The largest absolute Gasteiger partial charge is 0.379 e. The average molecular weight is 273 g/mol. The first kappa shape index (κ1) is 12.1. The van der Waals surface area contributed by atoms with E-state index in [1.54, 1.807) is 10.9 Å². The number of ether oxygens (including phenoxy) is 1. The Morgan fingerprint density at radius 1 is 1.39 bits per heavy atom. The summed E-state index contributed by atoms with van der Waals surface area (Å²) >= 11 is 0. The lowest BCUT2D eigenvalue weighted by Crippen LogP contribution is -2.26. The van der Waals surface area contributed by atoms with E-state index in [2.05, 4.69) is 5.10 Å². The van der Waals surface area contributed by atoms with E-state index in [1.807, 2.05) is 0 Å². The summed E-state index contributed by atoms with van der Waals surface area (Å²) in [5.41, 5.74) is 0. The van der Waals surface area contributed by atoms with E-state index in [9.17, 15) is 8.42 Å². The van der Waals surface area contributed by atoms with Gasteiger partial charge in [0.1, 0.15) is 4.90 Å². The molecule has 2 aliphatic rings. The second-order valence-electron chi connectivity index (χ2n) is 4.39. The zero-order chi connectivity index (χ0) is 12.6. The normalized spacial score (nSPS) is 25.9. The van der Waals surface area contributed by atoms with Gasteiger partial charge in [0.25, 0.3) is 10.0 Å². The molecule has 3 heterocycles. The van der Waals surface area contributed by atoms with E-state index in [-0.39, 0.29) is 10.9 Å². The molecule has 0 aliphatic carbocycles. The SMILES string of the molecule is O=S(=O)(c1cnn(C2CCOC2)c1)N1CCCO1. The predicted molar refractivity (Wildman–Crippen MR) is 61.2 cm³/mol. The van der Waals surface area contributed by atoms with Crippen LogP contribution >= 0.6 is 0 Å². The smallest absolute Gasteiger partial charge is 0.268 e. The Kier molecular flexibility index (Phi) is 3.10. The molecule has 1 aromatic rings. The summed E-state index contributed by atoms with van der Waals surface area (Å²) in [6.07, 6.45) is 4.51. The number of nitrogens with zero attached hydrogens (tertiary/aromatic N) is 3. The molecule has 100 valence electrons. The second kappa shape index (κ2) is 4.61. The number of hydrogen-bond acceptors (Lipinski definition) is 5. The highest BCUT2D eigenvalue weighted by Crippen LogP contribution is 2.23. The average Bonchev–Trinajstić information content (AvgIpc) is 3.12. The van der Waals surface area contributed by atoms with Crippen LogP contribution in [0.1, 0.15) is 18.9 Å². The Morgan fingerprint density at radius 3 is 2.94 bits per heavy atom. The van der Waals surface area contributed by atoms with Crippen LogP contribution in [-0.2, 0) is 19.6 Å². The van der Waals surface area contributed by atoms with Gasteiger partial charge in [0, 0.05) is 19.3 Å². The van der Waals surface area contributed by atoms with Crippen molar-refractivity contribution in [1.29, 1.82) is 0 Å². The predicted octanol–water partition coefficient (Wildman–Crippen LogP) is 0.170. The standard InChI is InChI=1S/C10H15N3O4S/c14-18(15,13-3-1-4-17-13)10-6-11-12(7-10)9-2-5-16-8-9/h6-7,9H,1-5,8H2. The van der Waals surface area contributed by atoms with E-state index >= 15 is 0 Å². The van der Waals surface area contributed by atoms with Crippen LogP contribution in [0.25, 0.3) is 0 Å². The second-order valence-corrected chi connectivity index (χ2v) is 6.22. The molecule has 0 spiro atoms. The van der Waals surface area contributed by atoms with Crippen LogP contribution in [0.4, 0.5) is 0 Å². The Bertz CT molecular complexity index is 515. The maximum absolute atomic E-state index is 12.2. The minimum atomic E-state index is -3.56. The fourth-order valence-corrected chi connectivity index (χ4v) is 3.36. The Labute approximate surface area is 105 Å². The molecule has 3 rings (SSSR count). The number of sulfonamides is 1. The van der Waals surface area contributed by atoms with Crippen molar-refractivity contribution in [2.24, 2.45) is 0 Å². The quantitative estimate of drug-likeness (QED) is 0.785. The maximum Gasteiger partial charge on any atom is 0.268 e. The zero-order valence-corrected chi connectivity index (χ0v) is 10.7. The van der Waals surface area contributed by atoms with Crippen LogP contribution in [0.5, 0.6) is 0 Å². The molecule has 2 aliphatic heterocycles. The van der Waals surface area contributed by atoms with Crippen molar-refractivity contribution >= 4 is 10.0 Å². The molecule has 8 heteroatoms. The molecule has 1 unspecified atom stereocenters. The van der Waals surface area contributed by atoms with Crippen LogP contribution in [-0.4, -0.2) is 49.0 Å². The third-order valence-electron chi connectivity index (χ3n) is 3.14. The molecule has 1 atom stereocenters. The molecular weight excluding hydrogens is 258 g/mol. The van der Waals surface area contributed by atoms with Crippen molar-refractivity contribution in [1.82, 2.24) is 14.2 Å². The Morgan fingerprint density at radius 2 is 2.28 bits per heavy atom. The first-order valence-corrected chi connectivity index (χ1v) is 7.39. The zero-order valence-electron chi connectivity index (χ0n) is 9.86. The topological polar surface area (TPSA) is 73.7 Å². The monoisotopic (exact) mass is 273 g/mol. The van der Waals surface area contributed by atoms with Gasteiger partial charge < -0.3 is 4.74 Å². The minimum absolute atomic E-state index is 0.133. The summed E-state index contributed by atoms with van der Waals surface area (Å²) in [4.78, 5) is 5.27. The fraction of sp³-hybridized carbons (Fsp3) is 0.700. The van der Waals surface area contributed by atoms with Crippen molar-refractivity contribution in [3.63, 3.8) is 0 Å². The van der Waals surface area contributed by atoms with Gasteiger partial charge in [-0.25, -0.2) is 8.42 Å². The summed E-state index contributed by atoms with van der Waals surface area (Å²) in [5, 5.41) is 4.11. The summed E-state index contributed by atoms with van der Waals surface area (Å²) in [5.74, 6) is 0. The summed E-state index contributed by atoms with van der Waals surface area (Å²) in [7, 11) is -3.56. The maximum atomic E-state index is 12.2.